The van der Waals surface area contributed by atoms with Crippen molar-refractivity contribution in [3.05, 3.63) is 82.3 Å². The number of fused-ring (bicyclic) bond motifs is 2. The third-order valence-corrected chi connectivity index (χ3v) is 4.81. The van der Waals surface area contributed by atoms with Crippen molar-refractivity contribution >= 4 is 22.4 Å². The Hall–Kier alpha value is -3.01. The van der Waals surface area contributed by atoms with Gasteiger partial charge in [0.25, 0.3) is 5.91 Å². The third kappa shape index (κ3) is 2.41. The maximum Gasteiger partial charge on any atom is 0.251 e. The number of carbonyl (C=O) groups is 1. The first kappa shape index (κ1) is 15.5. The number of nitrogens with zero attached hydrogens (tertiary/aromatic N) is 1. The van der Waals surface area contributed by atoms with Crippen LogP contribution in [0, 0.1) is 12.7 Å². The van der Waals surface area contributed by atoms with Crippen LogP contribution in [0.3, 0.4) is 0 Å². The highest BCUT2D eigenvalue weighted by Gasteiger charge is 2.20. The number of pyridine rings is 1. The Morgan fingerprint density at radius 1 is 1.16 bits per heavy atom. The van der Waals surface area contributed by atoms with Gasteiger partial charge in [0.2, 0.25) is 0 Å². The Labute approximate surface area is 145 Å². The van der Waals surface area contributed by atoms with E-state index in [1.807, 2.05) is 37.3 Å². The number of benzene rings is 2. The maximum absolute atomic E-state index is 13.8. The van der Waals surface area contributed by atoms with E-state index in [0.29, 0.717) is 17.5 Å². The normalized spacial score (nSPS) is 12.8. The van der Waals surface area contributed by atoms with E-state index in [4.69, 9.17) is 4.98 Å². The monoisotopic (exact) mass is 332 g/mol. The predicted molar refractivity (Wildman–Crippen MR) is 97.1 cm³/mol. The van der Waals surface area contributed by atoms with Gasteiger partial charge in [-0.25, -0.2) is 9.37 Å². The van der Waals surface area contributed by atoms with E-state index in [1.165, 1.54) is 6.07 Å². The van der Waals surface area contributed by atoms with Crippen molar-refractivity contribution in [2.45, 2.75) is 13.3 Å². The average molecular weight is 332 g/mol. The number of aromatic nitrogens is 1. The van der Waals surface area contributed by atoms with E-state index < -0.39 is 0 Å². The van der Waals surface area contributed by atoms with Crippen molar-refractivity contribution < 1.29 is 9.18 Å². The lowest BCUT2D eigenvalue weighted by Crippen LogP contribution is -2.18. The van der Waals surface area contributed by atoms with Gasteiger partial charge in [0.05, 0.1) is 11.2 Å². The first-order valence-electron chi connectivity index (χ1n) is 8.21. The molecule has 3 nitrogen and oxygen atoms in total. The molecule has 1 aliphatic carbocycles. The minimum Gasteiger partial charge on any atom is -0.355 e. The summed E-state index contributed by atoms with van der Waals surface area (Å²) in [5.74, 6) is -0.299. The zero-order valence-corrected chi connectivity index (χ0v) is 14.1. The molecule has 0 saturated carbocycles. The van der Waals surface area contributed by atoms with Crippen LogP contribution in [0.15, 0.2) is 48.5 Å². The SMILES string of the molecule is CNC(=O)c1cccc2nc(C3=CCc4c3ccc(F)c4C)ccc12. The fourth-order valence-corrected chi connectivity index (χ4v) is 3.44. The first-order valence-corrected chi connectivity index (χ1v) is 8.21. The van der Waals surface area contributed by atoms with E-state index in [0.717, 1.165) is 33.3 Å². The summed E-state index contributed by atoms with van der Waals surface area (Å²) < 4.78 is 13.8. The van der Waals surface area contributed by atoms with Gasteiger partial charge in [0.15, 0.2) is 0 Å². The highest BCUT2D eigenvalue weighted by molar-refractivity contribution is 6.06. The van der Waals surface area contributed by atoms with E-state index in [9.17, 15) is 9.18 Å². The van der Waals surface area contributed by atoms with E-state index in [1.54, 1.807) is 13.1 Å². The Bertz CT molecular complexity index is 1050. The zero-order chi connectivity index (χ0) is 17.6. The molecular formula is C21H17FN2O. The molecule has 0 saturated heterocycles. The van der Waals surface area contributed by atoms with Gasteiger partial charge in [-0.1, -0.05) is 18.2 Å². The summed E-state index contributed by atoms with van der Waals surface area (Å²) in [6.45, 7) is 1.81. The molecule has 1 aliphatic rings. The molecule has 0 unspecified atom stereocenters. The van der Waals surface area contributed by atoms with Gasteiger partial charge in [0.1, 0.15) is 5.82 Å². The summed E-state index contributed by atoms with van der Waals surface area (Å²) >= 11 is 0. The maximum atomic E-state index is 13.8. The summed E-state index contributed by atoms with van der Waals surface area (Å²) in [6, 6.07) is 12.7. The topological polar surface area (TPSA) is 42.0 Å². The second kappa shape index (κ2) is 5.81. The summed E-state index contributed by atoms with van der Waals surface area (Å²) in [4.78, 5) is 16.8. The molecule has 1 amide bonds. The van der Waals surface area contributed by atoms with Gasteiger partial charge in [-0.3, -0.25) is 4.79 Å². The highest BCUT2D eigenvalue weighted by atomic mass is 19.1. The number of allylic oxidation sites excluding steroid dienone is 1. The molecule has 0 aliphatic heterocycles. The van der Waals surface area contributed by atoms with Gasteiger partial charge in [0, 0.05) is 23.6 Å². The molecule has 0 bridgehead atoms. The van der Waals surface area contributed by atoms with Gasteiger partial charge >= 0.3 is 0 Å². The minimum absolute atomic E-state index is 0.128. The lowest BCUT2D eigenvalue weighted by Gasteiger charge is -2.10. The zero-order valence-electron chi connectivity index (χ0n) is 14.1. The number of amides is 1. The van der Waals surface area contributed by atoms with Crippen molar-refractivity contribution in [3.8, 4) is 0 Å². The first-order chi connectivity index (χ1) is 12.1. The standard InChI is InChI=1S/C21H17FN2O/c1-12-13-6-7-15(14(13)8-10-18(12)22)20-11-9-16-17(21(25)23-2)4-3-5-19(16)24-20/h3-5,7-11H,6H2,1-2H3,(H,23,25). The molecule has 2 aromatic carbocycles. The number of hydrogen-bond acceptors (Lipinski definition) is 2. The molecule has 0 spiro atoms. The largest absolute Gasteiger partial charge is 0.355 e. The smallest absolute Gasteiger partial charge is 0.251 e. The summed E-state index contributed by atoms with van der Waals surface area (Å²) in [6.07, 6.45) is 2.81. The second-order valence-corrected chi connectivity index (χ2v) is 6.17. The molecular weight excluding hydrogens is 315 g/mol. The van der Waals surface area contributed by atoms with Crippen LogP contribution in [-0.4, -0.2) is 17.9 Å². The lowest BCUT2D eigenvalue weighted by molar-refractivity contribution is 0.0964. The van der Waals surface area contributed by atoms with Gasteiger partial charge < -0.3 is 5.32 Å². The van der Waals surface area contributed by atoms with Gasteiger partial charge in [-0.05, 0) is 60.4 Å². The molecule has 4 heteroatoms. The van der Waals surface area contributed by atoms with Crippen LogP contribution >= 0.6 is 0 Å². The summed E-state index contributed by atoms with van der Waals surface area (Å²) in [5.41, 5.74) is 6.00. The van der Waals surface area contributed by atoms with Crippen molar-refractivity contribution in [3.63, 3.8) is 0 Å². The molecule has 1 N–H and O–H groups in total. The van der Waals surface area contributed by atoms with E-state index in [2.05, 4.69) is 11.4 Å². The van der Waals surface area contributed by atoms with Crippen LogP contribution in [0.25, 0.3) is 16.5 Å². The number of hydrogen-bond donors (Lipinski definition) is 1. The molecule has 0 radical (unpaired) electrons. The Kier molecular flexibility index (Phi) is 3.61. The third-order valence-electron chi connectivity index (χ3n) is 4.81. The lowest BCUT2D eigenvalue weighted by atomic mass is 9.98. The summed E-state index contributed by atoms with van der Waals surface area (Å²) in [5, 5.41) is 3.47. The van der Waals surface area contributed by atoms with Gasteiger partial charge in [-0.15, -0.1) is 0 Å². The molecule has 1 aromatic heterocycles. The van der Waals surface area contributed by atoms with Crippen LogP contribution < -0.4 is 5.32 Å². The second-order valence-electron chi connectivity index (χ2n) is 6.17. The molecule has 124 valence electrons. The van der Waals surface area contributed by atoms with Crippen LogP contribution in [0.5, 0.6) is 0 Å². The van der Waals surface area contributed by atoms with Crippen molar-refractivity contribution in [2.75, 3.05) is 7.05 Å². The van der Waals surface area contributed by atoms with Crippen LogP contribution in [0.2, 0.25) is 0 Å². The Balaban J connectivity index is 1.83. The average Bonchev–Trinajstić information content (AvgIpc) is 3.08. The summed E-state index contributed by atoms with van der Waals surface area (Å²) in [7, 11) is 1.62. The van der Waals surface area contributed by atoms with Crippen LogP contribution in [0.4, 0.5) is 4.39 Å². The number of halogens is 1. The van der Waals surface area contributed by atoms with Crippen molar-refractivity contribution in [1.82, 2.24) is 10.3 Å². The fourth-order valence-electron chi connectivity index (χ4n) is 3.44. The number of rotatable bonds is 2. The minimum atomic E-state index is -0.171. The predicted octanol–water partition coefficient (Wildman–Crippen LogP) is 4.03. The molecule has 3 aromatic rings. The molecule has 4 rings (SSSR count). The number of carbonyl (C=O) groups excluding carboxylic acids is 1. The number of nitrogens with one attached hydrogen (secondary N) is 1. The van der Waals surface area contributed by atoms with Gasteiger partial charge in [-0.2, -0.15) is 0 Å². The molecule has 0 atom stereocenters. The highest BCUT2D eigenvalue weighted by Crippen LogP contribution is 2.35. The van der Waals surface area contributed by atoms with Crippen LogP contribution in [0.1, 0.15) is 32.7 Å². The molecule has 0 fully saturated rings. The molecule has 1 heterocycles. The fraction of sp³-hybridized carbons (Fsp3) is 0.143. The molecule has 25 heavy (non-hydrogen) atoms. The van der Waals surface area contributed by atoms with Crippen molar-refractivity contribution in [1.29, 1.82) is 0 Å². The van der Waals surface area contributed by atoms with Crippen molar-refractivity contribution in [2.24, 2.45) is 0 Å². The quantitative estimate of drug-likeness (QED) is 0.770. The van der Waals surface area contributed by atoms with E-state index >= 15 is 0 Å². The Morgan fingerprint density at radius 3 is 2.80 bits per heavy atom. The Morgan fingerprint density at radius 2 is 2.00 bits per heavy atom. The van der Waals surface area contributed by atoms with Crippen LogP contribution in [-0.2, 0) is 6.42 Å². The van der Waals surface area contributed by atoms with E-state index in [-0.39, 0.29) is 11.7 Å².